The highest BCUT2D eigenvalue weighted by atomic mass is 32.2. The molecule has 7 heteroatoms. The van der Waals surface area contributed by atoms with Gasteiger partial charge < -0.3 is 5.32 Å². The van der Waals surface area contributed by atoms with E-state index in [0.717, 1.165) is 5.56 Å². The SMILES string of the molecule is CNC(=O)c1cc(S(=O)(=O)NCCc2ccccc2)c(C)s1. The zero-order chi connectivity index (χ0) is 16.2. The van der Waals surface area contributed by atoms with Crippen molar-refractivity contribution in [3.05, 3.63) is 51.7 Å². The quantitative estimate of drug-likeness (QED) is 0.845. The van der Waals surface area contributed by atoms with Crippen molar-refractivity contribution in [1.29, 1.82) is 0 Å². The molecule has 22 heavy (non-hydrogen) atoms. The maximum absolute atomic E-state index is 12.3. The molecule has 2 N–H and O–H groups in total. The number of carbonyl (C=O) groups excluding carboxylic acids is 1. The zero-order valence-electron chi connectivity index (χ0n) is 12.4. The van der Waals surface area contributed by atoms with Crippen molar-refractivity contribution in [2.75, 3.05) is 13.6 Å². The first kappa shape index (κ1) is 16.7. The third-order valence-electron chi connectivity index (χ3n) is 3.16. The minimum Gasteiger partial charge on any atom is -0.354 e. The summed E-state index contributed by atoms with van der Waals surface area (Å²) in [7, 11) is -2.08. The topological polar surface area (TPSA) is 75.3 Å². The van der Waals surface area contributed by atoms with Crippen LogP contribution in [0, 0.1) is 6.92 Å². The van der Waals surface area contributed by atoms with E-state index in [1.165, 1.54) is 24.5 Å². The summed E-state index contributed by atoms with van der Waals surface area (Å²) >= 11 is 1.17. The van der Waals surface area contributed by atoms with Gasteiger partial charge in [-0.05, 0) is 25.0 Å². The van der Waals surface area contributed by atoms with Gasteiger partial charge in [0.15, 0.2) is 0 Å². The summed E-state index contributed by atoms with van der Waals surface area (Å²) in [6.45, 7) is 2.01. The lowest BCUT2D eigenvalue weighted by Crippen LogP contribution is -2.26. The van der Waals surface area contributed by atoms with Crippen LogP contribution in [0.4, 0.5) is 0 Å². The molecule has 1 heterocycles. The van der Waals surface area contributed by atoms with Crippen LogP contribution in [0.1, 0.15) is 20.1 Å². The highest BCUT2D eigenvalue weighted by Gasteiger charge is 2.21. The van der Waals surface area contributed by atoms with Gasteiger partial charge in [0.1, 0.15) is 0 Å². The van der Waals surface area contributed by atoms with Crippen LogP contribution in [0.25, 0.3) is 0 Å². The highest BCUT2D eigenvalue weighted by molar-refractivity contribution is 7.89. The van der Waals surface area contributed by atoms with E-state index in [0.29, 0.717) is 22.7 Å². The van der Waals surface area contributed by atoms with Crippen LogP contribution >= 0.6 is 11.3 Å². The molecule has 2 rings (SSSR count). The molecular weight excluding hydrogens is 320 g/mol. The molecule has 2 aromatic rings. The summed E-state index contributed by atoms with van der Waals surface area (Å²) < 4.78 is 27.2. The Morgan fingerprint density at radius 2 is 1.91 bits per heavy atom. The van der Waals surface area contributed by atoms with Gasteiger partial charge in [0.05, 0.1) is 9.77 Å². The largest absolute Gasteiger partial charge is 0.354 e. The molecule has 0 aliphatic carbocycles. The highest BCUT2D eigenvalue weighted by Crippen LogP contribution is 2.25. The predicted molar refractivity (Wildman–Crippen MR) is 87.8 cm³/mol. The number of hydrogen-bond donors (Lipinski definition) is 2. The molecule has 1 amide bonds. The van der Waals surface area contributed by atoms with Crippen LogP contribution in [0.5, 0.6) is 0 Å². The summed E-state index contributed by atoms with van der Waals surface area (Å²) in [6, 6.07) is 11.1. The Morgan fingerprint density at radius 3 is 2.55 bits per heavy atom. The third-order valence-corrected chi connectivity index (χ3v) is 5.93. The lowest BCUT2D eigenvalue weighted by Gasteiger charge is -2.06. The first-order valence-corrected chi connectivity index (χ1v) is 9.10. The van der Waals surface area contributed by atoms with Gasteiger partial charge in [-0.15, -0.1) is 11.3 Å². The van der Waals surface area contributed by atoms with Crippen molar-refractivity contribution in [2.24, 2.45) is 0 Å². The molecule has 0 spiro atoms. The van der Waals surface area contributed by atoms with Crippen LogP contribution < -0.4 is 10.0 Å². The number of amides is 1. The van der Waals surface area contributed by atoms with Gasteiger partial charge in [-0.25, -0.2) is 13.1 Å². The predicted octanol–water partition coefficient (Wildman–Crippen LogP) is 1.94. The Kier molecular flexibility index (Phi) is 5.33. The van der Waals surface area contributed by atoms with Crippen molar-refractivity contribution in [1.82, 2.24) is 10.0 Å². The number of carbonyl (C=O) groups is 1. The molecule has 0 radical (unpaired) electrons. The van der Waals surface area contributed by atoms with Gasteiger partial charge in [-0.2, -0.15) is 0 Å². The molecule has 0 atom stereocenters. The lowest BCUT2D eigenvalue weighted by atomic mass is 10.2. The molecule has 0 saturated carbocycles. The summed E-state index contributed by atoms with van der Waals surface area (Å²) in [6.07, 6.45) is 0.617. The van der Waals surface area contributed by atoms with Crippen LogP contribution in [0.2, 0.25) is 0 Å². The standard InChI is InChI=1S/C15H18N2O3S2/c1-11-14(10-13(21-11)15(18)16-2)22(19,20)17-9-8-12-6-4-3-5-7-12/h3-7,10,17H,8-9H2,1-2H3,(H,16,18). The molecule has 0 saturated heterocycles. The first-order chi connectivity index (χ1) is 10.4. The van der Waals surface area contributed by atoms with E-state index in [-0.39, 0.29) is 10.8 Å². The zero-order valence-corrected chi connectivity index (χ0v) is 14.1. The van der Waals surface area contributed by atoms with Gasteiger partial charge >= 0.3 is 0 Å². The molecule has 1 aromatic carbocycles. The van der Waals surface area contributed by atoms with E-state index in [1.807, 2.05) is 30.3 Å². The summed E-state index contributed by atoms with van der Waals surface area (Å²) in [4.78, 5) is 12.8. The fourth-order valence-corrected chi connectivity index (χ4v) is 4.59. The van der Waals surface area contributed by atoms with E-state index in [9.17, 15) is 13.2 Å². The third kappa shape index (κ3) is 3.94. The van der Waals surface area contributed by atoms with E-state index in [2.05, 4.69) is 10.0 Å². The Morgan fingerprint density at radius 1 is 1.23 bits per heavy atom. The number of nitrogens with one attached hydrogen (secondary N) is 2. The average Bonchev–Trinajstić information content (AvgIpc) is 2.90. The normalized spacial score (nSPS) is 11.4. The second-order valence-corrected chi connectivity index (χ2v) is 7.74. The van der Waals surface area contributed by atoms with Crippen LogP contribution in [-0.2, 0) is 16.4 Å². The van der Waals surface area contributed by atoms with Gasteiger partial charge in [0, 0.05) is 18.5 Å². The van der Waals surface area contributed by atoms with Crippen molar-refractivity contribution < 1.29 is 13.2 Å². The number of sulfonamides is 1. The second-order valence-electron chi connectivity index (χ2n) is 4.74. The van der Waals surface area contributed by atoms with E-state index >= 15 is 0 Å². The van der Waals surface area contributed by atoms with Gasteiger partial charge in [-0.1, -0.05) is 30.3 Å². The minimum atomic E-state index is -3.60. The van der Waals surface area contributed by atoms with Crippen molar-refractivity contribution in [3.8, 4) is 0 Å². The fourth-order valence-electron chi connectivity index (χ4n) is 2.02. The van der Waals surface area contributed by atoms with E-state index < -0.39 is 10.0 Å². The maximum Gasteiger partial charge on any atom is 0.261 e. The van der Waals surface area contributed by atoms with Gasteiger partial charge in [0.2, 0.25) is 10.0 Å². The molecular formula is C15H18N2O3S2. The van der Waals surface area contributed by atoms with Crippen molar-refractivity contribution in [2.45, 2.75) is 18.2 Å². The fraction of sp³-hybridized carbons (Fsp3) is 0.267. The van der Waals surface area contributed by atoms with Gasteiger partial charge in [-0.3, -0.25) is 4.79 Å². The summed E-state index contributed by atoms with van der Waals surface area (Å²) in [5.41, 5.74) is 1.07. The van der Waals surface area contributed by atoms with Gasteiger partial charge in [0.25, 0.3) is 5.91 Å². The Hall–Kier alpha value is -1.70. The molecule has 1 aromatic heterocycles. The average molecular weight is 338 g/mol. The van der Waals surface area contributed by atoms with E-state index in [1.54, 1.807) is 6.92 Å². The van der Waals surface area contributed by atoms with Crippen LogP contribution in [-0.4, -0.2) is 27.9 Å². The molecule has 118 valence electrons. The number of aryl methyl sites for hydroxylation is 1. The summed E-state index contributed by atoms with van der Waals surface area (Å²) in [5, 5.41) is 2.49. The number of thiophene rings is 1. The van der Waals surface area contributed by atoms with Crippen molar-refractivity contribution >= 4 is 27.3 Å². The molecule has 0 bridgehead atoms. The number of rotatable bonds is 6. The number of benzene rings is 1. The molecule has 0 aliphatic rings. The second kappa shape index (κ2) is 7.04. The first-order valence-electron chi connectivity index (χ1n) is 6.80. The molecule has 0 aliphatic heterocycles. The minimum absolute atomic E-state index is 0.171. The Balaban J connectivity index is 2.07. The monoisotopic (exact) mass is 338 g/mol. The van der Waals surface area contributed by atoms with Crippen LogP contribution in [0.15, 0.2) is 41.3 Å². The Labute approximate surface area is 134 Å². The smallest absolute Gasteiger partial charge is 0.261 e. The molecule has 5 nitrogen and oxygen atoms in total. The number of hydrogen-bond acceptors (Lipinski definition) is 4. The molecule has 0 unspecified atom stereocenters. The Bertz CT molecular complexity index is 752. The maximum atomic E-state index is 12.3. The van der Waals surface area contributed by atoms with E-state index in [4.69, 9.17) is 0 Å². The van der Waals surface area contributed by atoms with Crippen LogP contribution in [0.3, 0.4) is 0 Å². The molecule has 0 fully saturated rings. The van der Waals surface area contributed by atoms with Crippen molar-refractivity contribution in [3.63, 3.8) is 0 Å². The lowest BCUT2D eigenvalue weighted by molar-refractivity contribution is 0.0967. The summed E-state index contributed by atoms with van der Waals surface area (Å²) in [5.74, 6) is -0.279.